The first kappa shape index (κ1) is 24.6. The predicted molar refractivity (Wildman–Crippen MR) is 107 cm³/mol. The van der Waals surface area contributed by atoms with Gasteiger partial charge in [-0.25, -0.2) is 0 Å². The second-order valence-electron chi connectivity index (χ2n) is 7.95. The summed E-state index contributed by atoms with van der Waals surface area (Å²) < 4.78 is 0. The monoisotopic (exact) mass is 368 g/mol. The number of Topliss-reactive ketones (excluding diaryl/α,β-unsaturated/α-hetero) is 1. The average Bonchev–Trinajstić information content (AvgIpc) is 2.61. The molecule has 0 aromatic carbocycles. The van der Waals surface area contributed by atoms with Gasteiger partial charge in [-0.15, -0.1) is 0 Å². The standard InChI is InChI=1S/C11H22N2O2.C10H18O/c1-9(2)7-8-13-11(15)6-4-5-10(14)12-3;1-8(2)10(11)9-6-4-3-5-7-9/h9H,4-8H2,1-3H3,(H,12,14)(H,13,15);8-9H,3-7H2,1-2H3. The largest absolute Gasteiger partial charge is 0.359 e. The Kier molecular flexibility index (Phi) is 14.0. The highest BCUT2D eigenvalue weighted by atomic mass is 16.2. The summed E-state index contributed by atoms with van der Waals surface area (Å²) in [5.74, 6) is 1.78. The normalized spacial score (nSPS) is 14.6. The van der Waals surface area contributed by atoms with Crippen LogP contribution >= 0.6 is 0 Å². The van der Waals surface area contributed by atoms with E-state index < -0.39 is 0 Å². The number of amides is 2. The number of ketones is 1. The van der Waals surface area contributed by atoms with Gasteiger partial charge >= 0.3 is 0 Å². The molecule has 0 radical (unpaired) electrons. The molecule has 0 heterocycles. The molecular formula is C21H40N2O3. The van der Waals surface area contributed by atoms with Gasteiger partial charge < -0.3 is 10.6 Å². The van der Waals surface area contributed by atoms with Gasteiger partial charge in [0.05, 0.1) is 0 Å². The molecule has 1 saturated carbocycles. The summed E-state index contributed by atoms with van der Waals surface area (Å²) in [5.41, 5.74) is 0. The van der Waals surface area contributed by atoms with Crippen molar-refractivity contribution >= 4 is 17.6 Å². The molecule has 5 heteroatoms. The van der Waals surface area contributed by atoms with Crippen LogP contribution in [0.15, 0.2) is 0 Å². The van der Waals surface area contributed by atoms with Crippen LogP contribution in [0.3, 0.4) is 0 Å². The van der Waals surface area contributed by atoms with Crippen LogP contribution in [0.4, 0.5) is 0 Å². The molecule has 1 aliphatic rings. The quantitative estimate of drug-likeness (QED) is 0.649. The van der Waals surface area contributed by atoms with Gasteiger partial charge in [0, 0.05) is 38.3 Å². The molecule has 1 rings (SSSR count). The molecule has 0 saturated heterocycles. The third kappa shape index (κ3) is 12.9. The number of rotatable bonds is 9. The molecule has 0 aromatic heterocycles. The maximum Gasteiger partial charge on any atom is 0.220 e. The minimum atomic E-state index is -0.00928. The minimum Gasteiger partial charge on any atom is -0.359 e. The van der Waals surface area contributed by atoms with Crippen LogP contribution in [0, 0.1) is 17.8 Å². The van der Waals surface area contributed by atoms with Crippen LogP contribution < -0.4 is 10.6 Å². The summed E-state index contributed by atoms with van der Waals surface area (Å²) >= 11 is 0. The topological polar surface area (TPSA) is 75.3 Å². The van der Waals surface area contributed by atoms with Gasteiger partial charge in [0.25, 0.3) is 0 Å². The lowest BCUT2D eigenvalue weighted by Gasteiger charge is -2.21. The van der Waals surface area contributed by atoms with Crippen molar-refractivity contribution in [1.82, 2.24) is 10.6 Å². The maximum absolute atomic E-state index is 11.5. The molecule has 5 nitrogen and oxygen atoms in total. The number of carbonyl (C=O) groups excluding carboxylic acids is 3. The van der Waals surface area contributed by atoms with E-state index in [9.17, 15) is 14.4 Å². The third-order valence-electron chi connectivity index (χ3n) is 4.71. The summed E-state index contributed by atoms with van der Waals surface area (Å²) in [6.07, 6.45) is 8.65. The maximum atomic E-state index is 11.5. The second-order valence-corrected chi connectivity index (χ2v) is 7.95. The third-order valence-corrected chi connectivity index (χ3v) is 4.71. The van der Waals surface area contributed by atoms with Gasteiger partial charge in [0.2, 0.25) is 11.8 Å². The van der Waals surface area contributed by atoms with Crippen molar-refractivity contribution in [3.8, 4) is 0 Å². The molecule has 1 fully saturated rings. The molecule has 0 spiro atoms. The number of nitrogens with one attached hydrogen (secondary N) is 2. The van der Waals surface area contributed by atoms with Gasteiger partial charge in [-0.2, -0.15) is 0 Å². The lowest BCUT2D eigenvalue weighted by Crippen LogP contribution is -2.25. The van der Waals surface area contributed by atoms with Gasteiger partial charge in [-0.1, -0.05) is 47.0 Å². The first-order valence-corrected chi connectivity index (χ1v) is 10.3. The fraction of sp³-hybridized carbons (Fsp3) is 0.857. The van der Waals surface area contributed by atoms with Crippen LogP contribution in [0.25, 0.3) is 0 Å². The molecule has 2 amide bonds. The SMILES string of the molecule is CC(C)C(=O)C1CCCCC1.CNC(=O)CCCC(=O)NCCC(C)C. The highest BCUT2D eigenvalue weighted by molar-refractivity contribution is 5.82. The smallest absolute Gasteiger partial charge is 0.220 e. The fourth-order valence-electron chi connectivity index (χ4n) is 2.98. The molecule has 2 N–H and O–H groups in total. The van der Waals surface area contributed by atoms with Gasteiger partial charge in [-0.05, 0) is 31.6 Å². The molecule has 0 atom stereocenters. The van der Waals surface area contributed by atoms with E-state index in [-0.39, 0.29) is 17.7 Å². The Morgan fingerprint density at radius 3 is 2.00 bits per heavy atom. The average molecular weight is 369 g/mol. The van der Waals surface area contributed by atoms with Crippen molar-refractivity contribution in [1.29, 1.82) is 0 Å². The van der Waals surface area contributed by atoms with E-state index in [0.29, 0.717) is 36.9 Å². The van der Waals surface area contributed by atoms with Gasteiger partial charge in [0.15, 0.2) is 0 Å². The van der Waals surface area contributed by atoms with Gasteiger partial charge in [0.1, 0.15) is 5.78 Å². The zero-order valence-corrected chi connectivity index (χ0v) is 17.5. The van der Waals surface area contributed by atoms with Crippen molar-refractivity contribution in [3.63, 3.8) is 0 Å². The van der Waals surface area contributed by atoms with Crippen LogP contribution in [0.5, 0.6) is 0 Å². The summed E-state index contributed by atoms with van der Waals surface area (Å²) in [7, 11) is 1.60. The Labute approximate surface area is 160 Å². The predicted octanol–water partition coefficient (Wildman–Crippen LogP) is 3.86. The Hall–Kier alpha value is -1.39. The van der Waals surface area contributed by atoms with Crippen molar-refractivity contribution in [2.75, 3.05) is 13.6 Å². The molecular weight excluding hydrogens is 328 g/mol. The molecule has 0 aliphatic heterocycles. The summed E-state index contributed by atoms with van der Waals surface area (Å²) in [6, 6.07) is 0. The number of carbonyl (C=O) groups is 3. The molecule has 0 aromatic rings. The minimum absolute atomic E-state index is 0.00928. The Bertz CT molecular complexity index is 413. The summed E-state index contributed by atoms with van der Waals surface area (Å²) in [5, 5.41) is 5.36. The van der Waals surface area contributed by atoms with E-state index in [1.165, 1.54) is 19.3 Å². The van der Waals surface area contributed by atoms with Crippen LogP contribution in [-0.4, -0.2) is 31.2 Å². The van der Waals surface area contributed by atoms with E-state index in [0.717, 1.165) is 25.8 Å². The van der Waals surface area contributed by atoms with Crippen molar-refractivity contribution in [2.45, 2.75) is 85.5 Å². The Morgan fingerprint density at radius 1 is 0.923 bits per heavy atom. The lowest BCUT2D eigenvalue weighted by atomic mass is 9.83. The summed E-state index contributed by atoms with van der Waals surface area (Å²) in [4.78, 5) is 33.6. The molecule has 0 bridgehead atoms. The van der Waals surface area contributed by atoms with E-state index in [2.05, 4.69) is 24.5 Å². The zero-order valence-electron chi connectivity index (χ0n) is 17.5. The van der Waals surface area contributed by atoms with Crippen molar-refractivity contribution in [2.24, 2.45) is 17.8 Å². The highest BCUT2D eigenvalue weighted by Crippen LogP contribution is 2.26. The lowest BCUT2D eigenvalue weighted by molar-refractivity contribution is -0.127. The first-order chi connectivity index (χ1) is 12.3. The second kappa shape index (κ2) is 14.7. The number of hydrogen-bond donors (Lipinski definition) is 2. The van der Waals surface area contributed by atoms with Crippen LogP contribution in [0.1, 0.15) is 85.5 Å². The fourth-order valence-corrected chi connectivity index (χ4v) is 2.98. The van der Waals surface area contributed by atoms with E-state index >= 15 is 0 Å². The molecule has 1 aliphatic carbocycles. The molecule has 152 valence electrons. The Morgan fingerprint density at radius 2 is 1.50 bits per heavy atom. The van der Waals surface area contributed by atoms with Gasteiger partial charge in [-0.3, -0.25) is 14.4 Å². The van der Waals surface area contributed by atoms with E-state index in [1.807, 2.05) is 13.8 Å². The Balaban J connectivity index is 0.000000502. The van der Waals surface area contributed by atoms with Crippen LogP contribution in [-0.2, 0) is 14.4 Å². The van der Waals surface area contributed by atoms with E-state index in [1.54, 1.807) is 7.05 Å². The summed E-state index contributed by atoms with van der Waals surface area (Å²) in [6.45, 7) is 9.00. The highest BCUT2D eigenvalue weighted by Gasteiger charge is 2.22. The zero-order chi connectivity index (χ0) is 19.9. The molecule has 26 heavy (non-hydrogen) atoms. The first-order valence-electron chi connectivity index (χ1n) is 10.3. The molecule has 0 unspecified atom stereocenters. The van der Waals surface area contributed by atoms with Crippen molar-refractivity contribution < 1.29 is 14.4 Å². The van der Waals surface area contributed by atoms with E-state index in [4.69, 9.17) is 0 Å². The van der Waals surface area contributed by atoms with Crippen molar-refractivity contribution in [3.05, 3.63) is 0 Å². The van der Waals surface area contributed by atoms with Crippen LogP contribution in [0.2, 0.25) is 0 Å². The number of hydrogen-bond acceptors (Lipinski definition) is 3.